The van der Waals surface area contributed by atoms with E-state index in [1.807, 2.05) is 6.07 Å². The molecular formula is C26H25N3O5. The molecule has 0 spiro atoms. The molecule has 1 N–H and O–H groups in total. The van der Waals surface area contributed by atoms with Crippen molar-refractivity contribution in [3.05, 3.63) is 81.9 Å². The zero-order chi connectivity index (χ0) is 24.2. The molecule has 3 aromatic carbocycles. The number of nitro groups is 1. The summed E-state index contributed by atoms with van der Waals surface area (Å²) in [7, 11) is 0. The van der Waals surface area contributed by atoms with Crippen molar-refractivity contribution in [3.63, 3.8) is 0 Å². The Labute approximate surface area is 196 Å². The number of nitrogens with one attached hydrogen (secondary N) is 1. The zero-order valence-corrected chi connectivity index (χ0v) is 19.2. The molecule has 0 fully saturated rings. The van der Waals surface area contributed by atoms with E-state index in [1.165, 1.54) is 23.8 Å². The van der Waals surface area contributed by atoms with Gasteiger partial charge in [-0.2, -0.15) is 0 Å². The molecule has 8 heteroatoms. The van der Waals surface area contributed by atoms with Gasteiger partial charge in [-0.15, -0.1) is 0 Å². The number of anilines is 1. The molecule has 0 aliphatic rings. The second-order valence-corrected chi connectivity index (χ2v) is 7.96. The summed E-state index contributed by atoms with van der Waals surface area (Å²) in [6.07, 6.45) is 1.05. The average Bonchev–Trinajstić information content (AvgIpc) is 3.27. The Hall–Kier alpha value is -4.20. The second kappa shape index (κ2) is 9.74. The number of ether oxygens (including phenoxy) is 1. The maximum absolute atomic E-state index is 12.6. The molecule has 8 nitrogen and oxygen atoms in total. The van der Waals surface area contributed by atoms with Crippen molar-refractivity contribution in [2.24, 2.45) is 0 Å². The minimum Gasteiger partial charge on any atom is -0.487 e. The summed E-state index contributed by atoms with van der Waals surface area (Å²) < 4.78 is 11.2. The molecule has 0 aliphatic heterocycles. The van der Waals surface area contributed by atoms with E-state index in [4.69, 9.17) is 9.15 Å². The van der Waals surface area contributed by atoms with Crippen LogP contribution in [0.3, 0.4) is 0 Å². The third-order valence-electron chi connectivity index (χ3n) is 5.70. The highest BCUT2D eigenvalue weighted by molar-refractivity contribution is 6.05. The summed E-state index contributed by atoms with van der Waals surface area (Å²) in [4.78, 5) is 28.0. The Morgan fingerprint density at radius 3 is 2.56 bits per heavy atom. The van der Waals surface area contributed by atoms with Gasteiger partial charge in [0.2, 0.25) is 5.89 Å². The van der Waals surface area contributed by atoms with Gasteiger partial charge >= 0.3 is 5.69 Å². The van der Waals surface area contributed by atoms with Gasteiger partial charge in [-0.25, -0.2) is 4.98 Å². The van der Waals surface area contributed by atoms with Crippen LogP contribution in [0.2, 0.25) is 0 Å². The quantitative estimate of drug-likeness (QED) is 0.236. The molecule has 0 saturated heterocycles. The van der Waals surface area contributed by atoms with Gasteiger partial charge in [-0.3, -0.25) is 14.9 Å². The van der Waals surface area contributed by atoms with E-state index in [2.05, 4.69) is 36.3 Å². The lowest BCUT2D eigenvalue weighted by molar-refractivity contribution is -0.385. The summed E-state index contributed by atoms with van der Waals surface area (Å²) in [5.41, 5.74) is 3.98. The highest BCUT2D eigenvalue weighted by Crippen LogP contribution is 2.30. The second-order valence-electron chi connectivity index (χ2n) is 7.96. The Bertz CT molecular complexity index is 1340. The van der Waals surface area contributed by atoms with E-state index in [-0.39, 0.29) is 23.6 Å². The summed E-state index contributed by atoms with van der Waals surface area (Å²) >= 11 is 0. The largest absolute Gasteiger partial charge is 0.487 e. The molecule has 1 atom stereocenters. The Morgan fingerprint density at radius 2 is 1.88 bits per heavy atom. The van der Waals surface area contributed by atoms with Crippen molar-refractivity contribution >= 4 is 28.4 Å². The molecular weight excluding hydrogens is 434 g/mol. The predicted octanol–water partition coefficient (Wildman–Crippen LogP) is 6.57. The number of oxazole rings is 1. The minimum absolute atomic E-state index is 0.128. The molecule has 4 aromatic rings. The minimum atomic E-state index is -0.567. The number of amides is 1. The predicted molar refractivity (Wildman–Crippen MR) is 130 cm³/mol. The number of carbonyl (C=O) groups excluding carboxylic acids is 1. The number of hydrogen-bond donors (Lipinski definition) is 1. The number of nitrogens with zero attached hydrogens (tertiary/aromatic N) is 2. The molecule has 0 bridgehead atoms. The van der Waals surface area contributed by atoms with Gasteiger partial charge in [-0.05, 0) is 73.4 Å². The molecule has 0 aliphatic carbocycles. The van der Waals surface area contributed by atoms with Crippen LogP contribution in [0.4, 0.5) is 11.4 Å². The molecule has 34 heavy (non-hydrogen) atoms. The summed E-state index contributed by atoms with van der Waals surface area (Å²) in [6, 6.07) is 17.3. The van der Waals surface area contributed by atoms with Crippen LogP contribution in [0.15, 0.2) is 65.1 Å². The number of carbonyl (C=O) groups is 1. The smallest absolute Gasteiger partial charge is 0.311 e. The lowest BCUT2D eigenvalue weighted by Crippen LogP contribution is -2.12. The molecule has 0 radical (unpaired) electrons. The summed E-state index contributed by atoms with van der Waals surface area (Å²) in [5, 5.41) is 14.1. The first-order valence-corrected chi connectivity index (χ1v) is 11.1. The van der Waals surface area contributed by atoms with Crippen LogP contribution >= 0.6 is 0 Å². The van der Waals surface area contributed by atoms with Gasteiger partial charge in [-0.1, -0.05) is 19.9 Å². The van der Waals surface area contributed by atoms with Crippen LogP contribution in [0.25, 0.3) is 22.6 Å². The van der Waals surface area contributed by atoms with Gasteiger partial charge in [0.05, 0.1) is 11.5 Å². The van der Waals surface area contributed by atoms with E-state index in [1.54, 1.807) is 31.2 Å². The highest BCUT2D eigenvalue weighted by Gasteiger charge is 2.19. The number of nitro benzene ring substituents is 1. The van der Waals surface area contributed by atoms with Crippen molar-refractivity contribution in [1.29, 1.82) is 0 Å². The Kier molecular flexibility index (Phi) is 6.58. The number of aromatic nitrogens is 1. The first-order chi connectivity index (χ1) is 16.4. The third-order valence-corrected chi connectivity index (χ3v) is 5.70. The van der Waals surface area contributed by atoms with Crippen molar-refractivity contribution < 1.29 is 18.9 Å². The topological polar surface area (TPSA) is 108 Å². The molecule has 1 unspecified atom stereocenters. The van der Waals surface area contributed by atoms with E-state index < -0.39 is 10.8 Å². The van der Waals surface area contributed by atoms with Gasteiger partial charge in [0.25, 0.3) is 5.91 Å². The van der Waals surface area contributed by atoms with Crippen molar-refractivity contribution in [2.45, 2.75) is 33.1 Å². The maximum atomic E-state index is 12.6. The number of fused-ring (bicyclic) bond motifs is 1. The standard InChI is InChI=1S/C26H25N3O5/c1-4-16(3)18-8-12-23-21(14-18)28-26(34-23)17-6-10-20(11-7-17)27-25(30)19-9-13-24(33-5-2)22(15-19)29(31)32/h6-16H,4-5H2,1-3H3,(H,27,30). The summed E-state index contributed by atoms with van der Waals surface area (Å²) in [6.45, 7) is 6.36. The zero-order valence-electron chi connectivity index (χ0n) is 19.2. The molecule has 1 amide bonds. The summed E-state index contributed by atoms with van der Waals surface area (Å²) in [5.74, 6) is 0.613. The van der Waals surface area contributed by atoms with Gasteiger partial charge in [0.1, 0.15) is 5.52 Å². The molecule has 4 rings (SSSR count). The lowest BCUT2D eigenvalue weighted by atomic mass is 9.98. The lowest BCUT2D eigenvalue weighted by Gasteiger charge is -2.08. The Balaban J connectivity index is 1.51. The molecule has 1 heterocycles. The number of benzene rings is 3. The van der Waals surface area contributed by atoms with Gasteiger partial charge in [0.15, 0.2) is 11.3 Å². The fourth-order valence-electron chi connectivity index (χ4n) is 3.59. The SMILES string of the molecule is CCOc1ccc(C(=O)Nc2ccc(-c3nc4cc(C(C)CC)ccc4o3)cc2)cc1[N+](=O)[O-]. The van der Waals surface area contributed by atoms with Crippen LogP contribution in [-0.4, -0.2) is 22.4 Å². The maximum Gasteiger partial charge on any atom is 0.311 e. The van der Waals surface area contributed by atoms with Crippen LogP contribution in [-0.2, 0) is 0 Å². The van der Waals surface area contributed by atoms with E-state index in [0.29, 0.717) is 17.5 Å². The van der Waals surface area contributed by atoms with Crippen LogP contribution in [0.5, 0.6) is 5.75 Å². The molecule has 0 saturated carbocycles. The van der Waals surface area contributed by atoms with Crippen LogP contribution in [0.1, 0.15) is 49.0 Å². The van der Waals surface area contributed by atoms with Gasteiger partial charge in [0, 0.05) is 22.9 Å². The normalized spacial score (nSPS) is 11.9. The van der Waals surface area contributed by atoms with E-state index in [9.17, 15) is 14.9 Å². The number of hydrogen-bond acceptors (Lipinski definition) is 6. The third kappa shape index (κ3) is 4.76. The van der Waals surface area contributed by atoms with Crippen molar-refractivity contribution in [2.75, 3.05) is 11.9 Å². The molecule has 174 valence electrons. The monoisotopic (exact) mass is 459 g/mol. The van der Waals surface area contributed by atoms with Crippen molar-refractivity contribution in [1.82, 2.24) is 4.98 Å². The fraction of sp³-hybridized carbons (Fsp3) is 0.231. The van der Waals surface area contributed by atoms with E-state index in [0.717, 1.165) is 23.1 Å². The van der Waals surface area contributed by atoms with Crippen LogP contribution in [0, 0.1) is 10.1 Å². The first-order valence-electron chi connectivity index (χ1n) is 11.1. The fourth-order valence-corrected chi connectivity index (χ4v) is 3.59. The van der Waals surface area contributed by atoms with Crippen LogP contribution < -0.4 is 10.1 Å². The van der Waals surface area contributed by atoms with E-state index >= 15 is 0 Å². The van der Waals surface area contributed by atoms with Crippen molar-refractivity contribution in [3.8, 4) is 17.2 Å². The highest BCUT2D eigenvalue weighted by atomic mass is 16.6. The Morgan fingerprint density at radius 1 is 1.12 bits per heavy atom. The number of rotatable bonds is 8. The average molecular weight is 460 g/mol. The van der Waals surface area contributed by atoms with Gasteiger partial charge < -0.3 is 14.5 Å². The molecule has 1 aromatic heterocycles. The first kappa shape index (κ1) is 23.0.